The second kappa shape index (κ2) is 13.0. The largest absolute Gasteiger partial charge is 0.359 e. The molecule has 53 heavy (non-hydrogen) atoms. The minimum absolute atomic E-state index is 0.0389. The molecule has 0 saturated heterocycles. The van der Waals surface area contributed by atoms with Crippen LogP contribution in [0.15, 0.2) is 198 Å². The van der Waals surface area contributed by atoms with Gasteiger partial charge in [0, 0.05) is 22.2 Å². The van der Waals surface area contributed by atoms with Gasteiger partial charge in [0.25, 0.3) is 0 Å². The zero-order valence-corrected chi connectivity index (χ0v) is 28.9. The number of benzene rings is 8. The van der Waals surface area contributed by atoms with Crippen LogP contribution in [0, 0.1) is 0 Å². The Kier molecular flexibility index (Phi) is 7.54. The average Bonchev–Trinajstić information content (AvgIpc) is 3.64. The molecule has 2 heterocycles. The van der Waals surface area contributed by atoms with Crippen LogP contribution in [0.5, 0.6) is 0 Å². The summed E-state index contributed by atoms with van der Waals surface area (Å²) < 4.78 is 0. The topological polar surface area (TPSA) is 52.0 Å². The summed E-state index contributed by atoms with van der Waals surface area (Å²) in [4.78, 5) is 12.6. The summed E-state index contributed by atoms with van der Waals surface area (Å²) >= 11 is 0. The Morgan fingerprint density at radius 1 is 0.472 bits per heavy atom. The van der Waals surface area contributed by atoms with Crippen LogP contribution in [0.3, 0.4) is 0 Å². The first-order valence-corrected chi connectivity index (χ1v) is 18.1. The third-order valence-corrected chi connectivity index (χ3v) is 10.3. The van der Waals surface area contributed by atoms with Crippen molar-refractivity contribution in [2.75, 3.05) is 10.2 Å². The minimum atomic E-state index is -0.303. The summed E-state index contributed by atoms with van der Waals surface area (Å²) in [7, 11) is 0. The van der Waals surface area contributed by atoms with E-state index < -0.39 is 0 Å². The van der Waals surface area contributed by atoms with Crippen LogP contribution in [0.2, 0.25) is 0 Å². The van der Waals surface area contributed by atoms with Gasteiger partial charge in [0.05, 0.1) is 11.4 Å². The lowest BCUT2D eigenvalue weighted by molar-refractivity contribution is 0.674. The molecule has 0 amide bonds. The van der Waals surface area contributed by atoms with Crippen LogP contribution >= 0.6 is 0 Å². The Balaban J connectivity index is 1.09. The van der Waals surface area contributed by atoms with Gasteiger partial charge in [-0.3, -0.25) is 0 Å². The van der Waals surface area contributed by atoms with Crippen LogP contribution in [-0.4, -0.2) is 11.7 Å². The first-order chi connectivity index (χ1) is 26.3. The first-order valence-electron chi connectivity index (χ1n) is 18.1. The Morgan fingerprint density at radius 3 is 1.85 bits per heavy atom. The molecule has 0 aliphatic carbocycles. The quantitative estimate of drug-likeness (QED) is 0.172. The Morgan fingerprint density at radius 2 is 1.08 bits per heavy atom. The molecule has 8 aromatic rings. The standard InChI is InChI=1S/C48H35N5/c1-5-14-34(15-6-1)45-50-46(35-16-7-2-8-17-35)52-47(51-45)39-21-13-20-37(30-39)38-27-25-32-24-26-33-28-29-42-44(43(33)41(32)31-38)53(40-22-11-4-12-23-40)48(49-42)36-18-9-3-10-19-36/h1-31,47-49H,(H,50,51,52). The molecule has 252 valence electrons. The molecule has 0 aromatic heterocycles. The van der Waals surface area contributed by atoms with Crippen LogP contribution < -0.4 is 15.5 Å². The lowest BCUT2D eigenvalue weighted by Gasteiger charge is -2.28. The highest BCUT2D eigenvalue weighted by Gasteiger charge is 2.33. The van der Waals surface area contributed by atoms with Gasteiger partial charge in [0.2, 0.25) is 0 Å². The van der Waals surface area contributed by atoms with E-state index in [1.807, 2.05) is 36.4 Å². The van der Waals surface area contributed by atoms with Crippen molar-refractivity contribution in [1.29, 1.82) is 0 Å². The molecule has 5 nitrogen and oxygen atoms in total. The predicted octanol–water partition coefficient (Wildman–Crippen LogP) is 11.4. The summed E-state index contributed by atoms with van der Waals surface area (Å²) in [5.41, 5.74) is 10.1. The van der Waals surface area contributed by atoms with Crippen LogP contribution in [-0.2, 0) is 0 Å². The molecule has 0 spiro atoms. The van der Waals surface area contributed by atoms with Gasteiger partial charge in [0.15, 0.2) is 5.84 Å². The molecule has 2 atom stereocenters. The predicted molar refractivity (Wildman–Crippen MR) is 220 cm³/mol. The second-order valence-corrected chi connectivity index (χ2v) is 13.5. The fraction of sp³-hybridized carbons (Fsp3) is 0.0417. The number of rotatable bonds is 6. The average molecular weight is 682 g/mol. The maximum Gasteiger partial charge on any atom is 0.159 e. The lowest BCUT2D eigenvalue weighted by atomic mass is 9.94. The number of nitrogens with zero attached hydrogens (tertiary/aromatic N) is 3. The molecule has 8 aromatic carbocycles. The molecule has 10 rings (SSSR count). The van der Waals surface area contributed by atoms with Crippen LogP contribution in [0.1, 0.15) is 34.6 Å². The number of hydrogen-bond donors (Lipinski definition) is 2. The molecule has 2 aliphatic heterocycles. The molecule has 0 fully saturated rings. The molecule has 2 unspecified atom stereocenters. The van der Waals surface area contributed by atoms with E-state index in [4.69, 9.17) is 9.98 Å². The normalized spacial score (nSPS) is 16.4. The SMILES string of the molecule is c1ccc(C2=NC(c3cccc(-c4ccc5ccc6ccc7c(c6c5c4)N(c4ccccc4)C(c4ccccc4)N7)c3)NC(c3ccccc3)=N2)cc1. The molecular formula is C48H35N5. The molecule has 2 aliphatic rings. The second-order valence-electron chi connectivity index (χ2n) is 13.5. The van der Waals surface area contributed by atoms with Crippen molar-refractivity contribution in [2.45, 2.75) is 12.3 Å². The van der Waals surface area contributed by atoms with E-state index in [0.29, 0.717) is 0 Å². The van der Waals surface area contributed by atoms with E-state index >= 15 is 0 Å². The summed E-state index contributed by atoms with van der Waals surface area (Å²) in [5, 5.41) is 12.4. The number of anilines is 3. The van der Waals surface area contributed by atoms with Gasteiger partial charge in [-0.15, -0.1) is 0 Å². The molecular weight excluding hydrogens is 647 g/mol. The van der Waals surface area contributed by atoms with Crippen LogP contribution in [0.4, 0.5) is 17.1 Å². The maximum atomic E-state index is 5.14. The Labute approximate surface area is 308 Å². The monoisotopic (exact) mass is 681 g/mol. The van der Waals surface area contributed by atoms with Crippen molar-refractivity contribution in [3.8, 4) is 11.1 Å². The van der Waals surface area contributed by atoms with Gasteiger partial charge in [0.1, 0.15) is 18.2 Å². The van der Waals surface area contributed by atoms with E-state index in [2.05, 4.69) is 167 Å². The van der Waals surface area contributed by atoms with Crippen molar-refractivity contribution < 1.29 is 0 Å². The van der Waals surface area contributed by atoms with Gasteiger partial charge in [-0.25, -0.2) is 9.98 Å². The summed E-state index contributed by atoms with van der Waals surface area (Å²) in [6.07, 6.45) is -0.342. The van der Waals surface area contributed by atoms with Gasteiger partial charge >= 0.3 is 0 Å². The maximum absolute atomic E-state index is 5.14. The lowest BCUT2D eigenvalue weighted by Crippen LogP contribution is -2.33. The smallest absolute Gasteiger partial charge is 0.159 e. The van der Waals surface area contributed by atoms with Crippen LogP contribution in [0.25, 0.3) is 32.7 Å². The zero-order chi connectivity index (χ0) is 35.1. The third kappa shape index (κ3) is 5.60. The Bertz CT molecular complexity index is 2670. The number of amidine groups is 2. The number of para-hydroxylation sites is 1. The summed E-state index contributed by atoms with van der Waals surface area (Å²) in [6, 6.07) is 66.5. The van der Waals surface area contributed by atoms with Crippen molar-refractivity contribution in [3.05, 3.63) is 210 Å². The van der Waals surface area contributed by atoms with Crippen molar-refractivity contribution >= 4 is 50.3 Å². The van der Waals surface area contributed by atoms with Crippen molar-refractivity contribution in [2.24, 2.45) is 9.98 Å². The molecule has 2 N–H and O–H groups in total. The highest BCUT2D eigenvalue weighted by molar-refractivity contribution is 6.19. The van der Waals surface area contributed by atoms with E-state index in [9.17, 15) is 0 Å². The highest BCUT2D eigenvalue weighted by Crippen LogP contribution is 2.51. The molecule has 0 bridgehead atoms. The van der Waals surface area contributed by atoms with Crippen molar-refractivity contribution in [1.82, 2.24) is 5.32 Å². The zero-order valence-electron chi connectivity index (χ0n) is 28.9. The van der Waals surface area contributed by atoms with E-state index in [1.54, 1.807) is 0 Å². The third-order valence-electron chi connectivity index (χ3n) is 10.3. The van der Waals surface area contributed by atoms with E-state index in [0.717, 1.165) is 50.9 Å². The van der Waals surface area contributed by atoms with E-state index in [1.165, 1.54) is 32.8 Å². The van der Waals surface area contributed by atoms with Gasteiger partial charge in [-0.2, -0.15) is 0 Å². The Hall–Kier alpha value is -6.98. The van der Waals surface area contributed by atoms with Gasteiger partial charge in [-0.1, -0.05) is 158 Å². The minimum Gasteiger partial charge on any atom is -0.359 e. The first kappa shape index (κ1) is 30.8. The molecule has 5 heteroatoms. The summed E-state index contributed by atoms with van der Waals surface area (Å²) in [6.45, 7) is 0. The fourth-order valence-electron chi connectivity index (χ4n) is 7.72. The fourth-order valence-corrected chi connectivity index (χ4v) is 7.72. The highest BCUT2D eigenvalue weighted by atomic mass is 15.3. The summed E-state index contributed by atoms with van der Waals surface area (Å²) in [5.74, 6) is 1.53. The van der Waals surface area contributed by atoms with E-state index in [-0.39, 0.29) is 12.3 Å². The number of aliphatic imine (C=N–C) groups is 2. The van der Waals surface area contributed by atoms with Gasteiger partial charge in [-0.05, 0) is 68.7 Å². The number of nitrogens with one attached hydrogen (secondary N) is 2. The number of hydrogen-bond acceptors (Lipinski definition) is 5. The molecule has 0 radical (unpaired) electrons. The molecule has 0 saturated carbocycles. The number of fused-ring (bicyclic) bond motifs is 5. The van der Waals surface area contributed by atoms with Crippen molar-refractivity contribution in [3.63, 3.8) is 0 Å². The van der Waals surface area contributed by atoms with Gasteiger partial charge < -0.3 is 15.5 Å².